The minimum absolute atomic E-state index is 0.000705. The number of alkyl halides is 2. The van der Waals surface area contributed by atoms with Gasteiger partial charge in [0.1, 0.15) is 0 Å². The largest absolute Gasteiger partial charge is 0.490 e. The average molecular weight is 681 g/mol. The summed E-state index contributed by atoms with van der Waals surface area (Å²) in [7, 11) is 2.61. The van der Waals surface area contributed by atoms with Crippen molar-refractivity contribution in [2.75, 3.05) is 66.6 Å². The van der Waals surface area contributed by atoms with E-state index in [1.54, 1.807) is 23.6 Å². The number of hydrogen-bond donors (Lipinski definition) is 1. The number of carbonyl (C=O) groups is 4. The van der Waals surface area contributed by atoms with Crippen LogP contribution < -0.4 is 15.2 Å². The highest BCUT2D eigenvalue weighted by Gasteiger charge is 2.34. The summed E-state index contributed by atoms with van der Waals surface area (Å²) in [5, 5.41) is 0. The van der Waals surface area contributed by atoms with Gasteiger partial charge in [-0.05, 0) is 44.9 Å². The molecule has 4 rings (SSSR count). The van der Waals surface area contributed by atoms with Crippen LogP contribution in [-0.2, 0) is 14.3 Å². The van der Waals surface area contributed by atoms with Crippen LogP contribution >= 0.6 is 0 Å². The van der Waals surface area contributed by atoms with Gasteiger partial charge in [-0.3, -0.25) is 9.59 Å². The Morgan fingerprint density at radius 1 is 0.958 bits per heavy atom. The molecular formula is C31H42F2N6O9. The second-order valence-corrected chi connectivity index (χ2v) is 11.5. The van der Waals surface area contributed by atoms with Gasteiger partial charge >= 0.3 is 18.8 Å². The molecule has 2 aliphatic rings. The Kier molecular flexibility index (Phi) is 12.4. The number of nitrogens with two attached hydrogens (primary N) is 1. The molecule has 2 atom stereocenters. The highest BCUT2D eigenvalue weighted by atomic mass is 19.3. The molecule has 0 radical (unpaired) electrons. The number of amides is 4. The summed E-state index contributed by atoms with van der Waals surface area (Å²) in [6.45, 7) is 2.80. The molecule has 0 saturated carbocycles. The first kappa shape index (κ1) is 36.2. The lowest BCUT2D eigenvalue weighted by Gasteiger charge is -2.38. The van der Waals surface area contributed by atoms with Crippen molar-refractivity contribution in [2.24, 2.45) is 5.73 Å². The summed E-state index contributed by atoms with van der Waals surface area (Å²) in [6.07, 6.45) is 0.279. The smallest absolute Gasteiger partial charge is 0.409 e. The van der Waals surface area contributed by atoms with E-state index in [1.165, 1.54) is 42.2 Å². The summed E-state index contributed by atoms with van der Waals surface area (Å²) >= 11 is 0. The maximum Gasteiger partial charge on any atom is 0.409 e. The molecule has 2 saturated heterocycles. The molecule has 2 fully saturated rings. The van der Waals surface area contributed by atoms with Gasteiger partial charge in [0.05, 0.1) is 26.9 Å². The van der Waals surface area contributed by atoms with Gasteiger partial charge in [0.25, 0.3) is 5.91 Å². The first-order valence-electron chi connectivity index (χ1n) is 15.7. The molecule has 2 N–H and O–H groups in total. The van der Waals surface area contributed by atoms with E-state index in [0.717, 1.165) is 0 Å². The van der Waals surface area contributed by atoms with E-state index >= 15 is 0 Å². The van der Waals surface area contributed by atoms with Gasteiger partial charge < -0.3 is 48.7 Å². The Labute approximate surface area is 276 Å². The number of piperazine rings is 2. The van der Waals surface area contributed by atoms with Gasteiger partial charge in [0.2, 0.25) is 11.8 Å². The second kappa shape index (κ2) is 16.4. The summed E-state index contributed by atoms with van der Waals surface area (Å²) < 4.78 is 52.3. The van der Waals surface area contributed by atoms with Gasteiger partial charge in [0.15, 0.2) is 23.0 Å². The molecule has 4 amide bonds. The van der Waals surface area contributed by atoms with E-state index in [9.17, 15) is 28.0 Å². The Morgan fingerprint density at radius 3 is 2.25 bits per heavy atom. The lowest BCUT2D eigenvalue weighted by atomic mass is 10.1. The quantitative estimate of drug-likeness (QED) is 0.346. The minimum atomic E-state index is -3.10. The van der Waals surface area contributed by atoms with E-state index in [0.29, 0.717) is 44.6 Å². The molecule has 0 bridgehead atoms. The minimum Gasteiger partial charge on any atom is -0.490 e. The number of nitrogens with zero attached hydrogens (tertiary/aromatic N) is 5. The van der Waals surface area contributed by atoms with Crippen molar-refractivity contribution in [3.05, 3.63) is 29.7 Å². The van der Waals surface area contributed by atoms with Crippen molar-refractivity contribution >= 4 is 24.0 Å². The average Bonchev–Trinajstić information content (AvgIpc) is 3.53. The third-order valence-corrected chi connectivity index (χ3v) is 8.11. The van der Waals surface area contributed by atoms with Crippen molar-refractivity contribution in [3.8, 4) is 23.0 Å². The molecular weight excluding hydrogens is 638 g/mol. The van der Waals surface area contributed by atoms with Gasteiger partial charge in [0, 0.05) is 63.8 Å². The Morgan fingerprint density at radius 2 is 1.62 bits per heavy atom. The number of aromatic nitrogens is 1. The summed E-state index contributed by atoms with van der Waals surface area (Å²) in [5.41, 5.74) is 6.46. The molecule has 264 valence electrons. The normalized spacial score (nSPS) is 17.3. The standard InChI is InChI=1S/C31H42F2N6O9/c1-19-18-38(14-15-39(19)31(43)45-4)28(41)25-26(20(2)34)48-27(35-25)21-8-9-22(47-29(32)33)23(17-21)46-16-6-5-7-24(40)36-10-12-37(13-11-36)30(42)44-3/h8-9,17,19-20,29H,5-7,10-16,18,34H2,1-4H3/t19?,20-/m0/s1. The zero-order valence-corrected chi connectivity index (χ0v) is 27.5. The fourth-order valence-corrected chi connectivity index (χ4v) is 5.53. The molecule has 2 aliphatic heterocycles. The molecule has 15 nitrogen and oxygen atoms in total. The first-order valence-corrected chi connectivity index (χ1v) is 15.7. The molecule has 3 heterocycles. The van der Waals surface area contributed by atoms with E-state index in [-0.39, 0.29) is 73.5 Å². The molecule has 0 aliphatic carbocycles. The zero-order valence-electron chi connectivity index (χ0n) is 27.5. The molecule has 17 heteroatoms. The lowest BCUT2D eigenvalue weighted by molar-refractivity contribution is -0.132. The molecule has 48 heavy (non-hydrogen) atoms. The van der Waals surface area contributed by atoms with E-state index in [2.05, 4.69) is 9.72 Å². The maximum absolute atomic E-state index is 13.5. The van der Waals surface area contributed by atoms with Crippen molar-refractivity contribution < 1.29 is 51.3 Å². The topological polar surface area (TPSA) is 170 Å². The van der Waals surface area contributed by atoms with Gasteiger partial charge in [-0.15, -0.1) is 0 Å². The monoisotopic (exact) mass is 680 g/mol. The Bertz CT molecular complexity index is 1450. The predicted octanol–water partition coefficient (Wildman–Crippen LogP) is 3.34. The van der Waals surface area contributed by atoms with Crippen LogP contribution in [0.4, 0.5) is 18.4 Å². The van der Waals surface area contributed by atoms with Crippen LogP contribution in [0.3, 0.4) is 0 Å². The Balaban J connectivity index is 1.40. The number of halogens is 2. The van der Waals surface area contributed by atoms with Crippen LogP contribution in [0.25, 0.3) is 11.5 Å². The summed E-state index contributed by atoms with van der Waals surface area (Å²) in [5.74, 6) is -0.520. The number of hydrogen-bond acceptors (Lipinski definition) is 11. The number of carbonyl (C=O) groups excluding carboxylic acids is 4. The number of oxazole rings is 1. The molecule has 0 spiro atoms. The van der Waals surface area contributed by atoms with Crippen molar-refractivity contribution in [1.29, 1.82) is 0 Å². The fraction of sp³-hybridized carbons (Fsp3) is 0.581. The van der Waals surface area contributed by atoms with Gasteiger partial charge in [-0.2, -0.15) is 8.78 Å². The molecule has 1 unspecified atom stereocenters. The first-order chi connectivity index (χ1) is 22.9. The van der Waals surface area contributed by atoms with Crippen molar-refractivity contribution in [2.45, 2.75) is 51.8 Å². The summed E-state index contributed by atoms with van der Waals surface area (Å²) in [4.78, 5) is 60.6. The van der Waals surface area contributed by atoms with Crippen LogP contribution in [0.5, 0.6) is 11.5 Å². The highest BCUT2D eigenvalue weighted by Crippen LogP contribution is 2.35. The third-order valence-electron chi connectivity index (χ3n) is 8.11. The zero-order chi connectivity index (χ0) is 35.0. The number of unbranched alkanes of at least 4 members (excludes halogenated alkanes) is 1. The van der Waals surface area contributed by atoms with Crippen molar-refractivity contribution in [3.63, 3.8) is 0 Å². The SMILES string of the molecule is COC(=O)N1CCN(C(=O)CCCCOc2cc(-c3nc(C(=O)N4CCN(C(=O)OC)C(C)C4)c([C@H](C)N)o3)ccc2OC(F)F)CC1. The second-order valence-electron chi connectivity index (χ2n) is 11.5. The highest BCUT2D eigenvalue weighted by molar-refractivity contribution is 5.94. The van der Waals surface area contributed by atoms with E-state index < -0.39 is 30.7 Å². The number of ether oxygens (including phenoxy) is 4. The van der Waals surface area contributed by atoms with Crippen LogP contribution in [0, 0.1) is 0 Å². The van der Waals surface area contributed by atoms with E-state index in [4.69, 9.17) is 24.4 Å². The molecule has 2 aromatic rings. The van der Waals surface area contributed by atoms with Crippen LogP contribution in [0.1, 0.15) is 55.4 Å². The van der Waals surface area contributed by atoms with E-state index in [1.807, 2.05) is 0 Å². The summed E-state index contributed by atoms with van der Waals surface area (Å²) in [6, 6.07) is 3.16. The van der Waals surface area contributed by atoms with Crippen molar-refractivity contribution in [1.82, 2.24) is 24.6 Å². The van der Waals surface area contributed by atoms with Crippen LogP contribution in [0.2, 0.25) is 0 Å². The number of benzene rings is 1. The Hall–Kier alpha value is -4.67. The maximum atomic E-state index is 13.5. The van der Waals surface area contributed by atoms with Gasteiger partial charge in [-0.1, -0.05) is 0 Å². The van der Waals surface area contributed by atoms with Crippen LogP contribution in [0.15, 0.2) is 22.6 Å². The van der Waals surface area contributed by atoms with Gasteiger partial charge in [-0.25, -0.2) is 14.6 Å². The molecule has 1 aromatic heterocycles. The van der Waals surface area contributed by atoms with Crippen LogP contribution in [-0.4, -0.2) is 128 Å². The fourth-order valence-electron chi connectivity index (χ4n) is 5.53. The third kappa shape index (κ3) is 8.81. The number of methoxy groups -OCH3 is 2. The lowest BCUT2D eigenvalue weighted by Crippen LogP contribution is -2.55. The number of rotatable bonds is 11. The predicted molar refractivity (Wildman–Crippen MR) is 166 cm³/mol. The molecule has 1 aromatic carbocycles.